The summed E-state index contributed by atoms with van der Waals surface area (Å²) in [6.45, 7) is 7.79. The lowest BCUT2D eigenvalue weighted by molar-refractivity contribution is 0.329. The monoisotopic (exact) mass is 264 g/mol. The van der Waals surface area contributed by atoms with Crippen molar-refractivity contribution in [3.05, 3.63) is 23.2 Å². The second-order valence-electron chi connectivity index (χ2n) is 5.61. The molecule has 1 heterocycles. The summed E-state index contributed by atoms with van der Waals surface area (Å²) in [6, 6.07) is 6.03. The van der Waals surface area contributed by atoms with Gasteiger partial charge in [-0.3, -0.25) is 0 Å². The Morgan fingerprint density at radius 2 is 2.11 bits per heavy atom. The van der Waals surface area contributed by atoms with Crippen LogP contribution in [0.2, 0.25) is 0 Å². The first-order chi connectivity index (χ1) is 8.48. The molecule has 0 spiro atoms. The van der Waals surface area contributed by atoms with Gasteiger partial charge in [-0.05, 0) is 23.6 Å². The van der Waals surface area contributed by atoms with Crippen molar-refractivity contribution < 1.29 is 4.74 Å². The molecule has 0 bridgehead atoms. The number of nitrogens with zero attached hydrogens (tertiary/aromatic N) is 1. The highest BCUT2D eigenvalue weighted by Crippen LogP contribution is 2.30. The van der Waals surface area contributed by atoms with E-state index in [0.717, 1.165) is 17.7 Å². The number of rotatable bonds is 4. The van der Waals surface area contributed by atoms with Crippen LogP contribution < -0.4 is 10.5 Å². The zero-order valence-electron chi connectivity index (χ0n) is 11.2. The highest BCUT2D eigenvalue weighted by atomic mass is 32.1. The van der Waals surface area contributed by atoms with Crippen LogP contribution in [0.3, 0.4) is 0 Å². The van der Waals surface area contributed by atoms with Crippen LogP contribution in [0.1, 0.15) is 25.8 Å². The molecule has 0 unspecified atom stereocenters. The first-order valence-corrected chi connectivity index (χ1v) is 7.02. The Labute approximate surface area is 112 Å². The third-order valence-electron chi connectivity index (χ3n) is 2.47. The lowest BCUT2D eigenvalue weighted by atomic mass is 9.93. The Morgan fingerprint density at radius 3 is 2.78 bits per heavy atom. The first kappa shape index (κ1) is 13.3. The molecule has 0 atom stereocenters. The maximum absolute atomic E-state index is 5.53. The molecule has 0 fully saturated rings. The lowest BCUT2D eigenvalue weighted by Crippen LogP contribution is -2.10. The number of nitrogens with two attached hydrogens (primary N) is 1. The Hall–Kier alpha value is -1.13. The maximum Gasteiger partial charge on any atom is 0.120 e. The topological polar surface area (TPSA) is 48.1 Å². The van der Waals surface area contributed by atoms with Crippen molar-refractivity contribution in [3.63, 3.8) is 0 Å². The number of ether oxygens (including phenoxy) is 1. The van der Waals surface area contributed by atoms with Crippen molar-refractivity contribution >= 4 is 21.6 Å². The van der Waals surface area contributed by atoms with Crippen LogP contribution in [-0.2, 0) is 6.42 Å². The highest BCUT2D eigenvalue weighted by Gasteiger charge is 2.14. The van der Waals surface area contributed by atoms with E-state index in [0.29, 0.717) is 13.2 Å². The summed E-state index contributed by atoms with van der Waals surface area (Å²) in [5.41, 5.74) is 6.75. The number of hydrogen-bond acceptors (Lipinski definition) is 4. The molecule has 0 aliphatic carbocycles. The molecule has 98 valence electrons. The first-order valence-electron chi connectivity index (χ1n) is 6.20. The van der Waals surface area contributed by atoms with Crippen LogP contribution in [0.15, 0.2) is 18.2 Å². The van der Waals surface area contributed by atoms with Crippen LogP contribution in [0.4, 0.5) is 0 Å². The highest BCUT2D eigenvalue weighted by molar-refractivity contribution is 7.18. The van der Waals surface area contributed by atoms with Crippen molar-refractivity contribution in [2.24, 2.45) is 11.1 Å². The summed E-state index contributed by atoms with van der Waals surface area (Å²) in [5.74, 6) is 0.874. The van der Waals surface area contributed by atoms with Gasteiger partial charge in [0.15, 0.2) is 0 Å². The second-order valence-corrected chi connectivity index (χ2v) is 6.73. The molecule has 2 rings (SSSR count). The van der Waals surface area contributed by atoms with E-state index in [2.05, 4.69) is 31.8 Å². The zero-order valence-corrected chi connectivity index (χ0v) is 12.0. The summed E-state index contributed by atoms with van der Waals surface area (Å²) < 4.78 is 6.71. The van der Waals surface area contributed by atoms with Gasteiger partial charge in [-0.25, -0.2) is 4.98 Å². The van der Waals surface area contributed by atoms with E-state index in [1.165, 1.54) is 9.71 Å². The van der Waals surface area contributed by atoms with Gasteiger partial charge in [0, 0.05) is 13.0 Å². The molecule has 2 aromatic rings. The lowest BCUT2D eigenvalue weighted by Gasteiger charge is -2.15. The molecule has 0 amide bonds. The van der Waals surface area contributed by atoms with Gasteiger partial charge in [0.25, 0.3) is 0 Å². The van der Waals surface area contributed by atoms with Gasteiger partial charge in [0.05, 0.1) is 15.2 Å². The van der Waals surface area contributed by atoms with Crippen LogP contribution in [0.25, 0.3) is 10.2 Å². The normalized spacial score (nSPS) is 12.0. The molecule has 4 heteroatoms. The van der Waals surface area contributed by atoms with Gasteiger partial charge in [0.1, 0.15) is 12.4 Å². The number of hydrogen-bond donors (Lipinski definition) is 1. The smallest absolute Gasteiger partial charge is 0.120 e. The molecular weight excluding hydrogens is 244 g/mol. The van der Waals surface area contributed by atoms with Gasteiger partial charge < -0.3 is 10.5 Å². The molecule has 0 saturated carbocycles. The van der Waals surface area contributed by atoms with Gasteiger partial charge in [-0.2, -0.15) is 0 Å². The van der Waals surface area contributed by atoms with E-state index in [1.807, 2.05) is 12.1 Å². The van der Waals surface area contributed by atoms with E-state index in [1.54, 1.807) is 11.3 Å². The molecule has 2 N–H and O–H groups in total. The fourth-order valence-corrected chi connectivity index (χ4v) is 3.04. The van der Waals surface area contributed by atoms with E-state index < -0.39 is 0 Å². The fraction of sp³-hybridized carbons (Fsp3) is 0.500. The van der Waals surface area contributed by atoms with Crippen molar-refractivity contribution in [2.45, 2.75) is 27.2 Å². The fourth-order valence-electron chi connectivity index (χ4n) is 1.75. The van der Waals surface area contributed by atoms with Crippen molar-refractivity contribution in [1.29, 1.82) is 0 Å². The summed E-state index contributed by atoms with van der Waals surface area (Å²) in [7, 11) is 0. The summed E-state index contributed by atoms with van der Waals surface area (Å²) in [4.78, 5) is 4.66. The Morgan fingerprint density at radius 1 is 1.33 bits per heavy atom. The SMILES string of the molecule is CC(C)(C)Cc1nc2ccc(OCCN)cc2s1. The third kappa shape index (κ3) is 3.43. The Kier molecular flexibility index (Phi) is 3.88. The molecular formula is C14H20N2OS. The van der Waals surface area contributed by atoms with Gasteiger partial charge in [-0.15, -0.1) is 11.3 Å². The predicted octanol–water partition coefficient (Wildman–Crippen LogP) is 3.22. The van der Waals surface area contributed by atoms with Gasteiger partial charge in [0.2, 0.25) is 0 Å². The van der Waals surface area contributed by atoms with Crippen LogP contribution in [0.5, 0.6) is 5.75 Å². The summed E-state index contributed by atoms with van der Waals surface area (Å²) in [5, 5.41) is 1.19. The number of benzene rings is 1. The number of fused-ring (bicyclic) bond motifs is 1. The standard InChI is InChI=1S/C14H20N2OS/c1-14(2,3)9-13-16-11-5-4-10(17-7-6-15)8-12(11)18-13/h4-5,8H,6-7,9,15H2,1-3H3. The van der Waals surface area contributed by atoms with E-state index in [9.17, 15) is 0 Å². The average molecular weight is 264 g/mol. The molecule has 3 nitrogen and oxygen atoms in total. The Bertz CT molecular complexity index is 528. The molecule has 0 aliphatic rings. The van der Waals surface area contributed by atoms with E-state index in [4.69, 9.17) is 10.5 Å². The minimum absolute atomic E-state index is 0.271. The van der Waals surface area contributed by atoms with Crippen LogP contribution >= 0.6 is 11.3 Å². The third-order valence-corrected chi connectivity index (χ3v) is 3.49. The molecule has 1 aromatic heterocycles. The van der Waals surface area contributed by atoms with Crippen molar-refractivity contribution in [2.75, 3.05) is 13.2 Å². The van der Waals surface area contributed by atoms with Crippen molar-refractivity contribution in [3.8, 4) is 5.75 Å². The largest absolute Gasteiger partial charge is 0.492 e. The maximum atomic E-state index is 5.53. The molecule has 1 aromatic carbocycles. The minimum atomic E-state index is 0.271. The predicted molar refractivity (Wildman–Crippen MR) is 77.3 cm³/mol. The van der Waals surface area contributed by atoms with E-state index in [-0.39, 0.29) is 5.41 Å². The molecule has 0 aliphatic heterocycles. The zero-order chi connectivity index (χ0) is 13.2. The number of aromatic nitrogens is 1. The summed E-state index contributed by atoms with van der Waals surface area (Å²) in [6.07, 6.45) is 1.01. The van der Waals surface area contributed by atoms with E-state index >= 15 is 0 Å². The van der Waals surface area contributed by atoms with Crippen LogP contribution in [0, 0.1) is 5.41 Å². The van der Waals surface area contributed by atoms with Crippen molar-refractivity contribution in [1.82, 2.24) is 4.98 Å². The summed E-state index contributed by atoms with van der Waals surface area (Å²) >= 11 is 1.75. The molecule has 0 saturated heterocycles. The van der Waals surface area contributed by atoms with Gasteiger partial charge in [-0.1, -0.05) is 20.8 Å². The number of thiazole rings is 1. The van der Waals surface area contributed by atoms with Crippen LogP contribution in [-0.4, -0.2) is 18.1 Å². The molecule has 18 heavy (non-hydrogen) atoms. The quantitative estimate of drug-likeness (QED) is 0.922. The second kappa shape index (κ2) is 5.24. The molecule has 0 radical (unpaired) electrons. The Balaban J connectivity index is 2.22. The van der Waals surface area contributed by atoms with Gasteiger partial charge >= 0.3 is 0 Å². The minimum Gasteiger partial charge on any atom is -0.492 e. The average Bonchev–Trinajstić information content (AvgIpc) is 2.64.